The average molecular weight is 344 g/mol. The number of alkyl halides is 2. The maximum absolute atomic E-state index is 12.4. The number of halogens is 2. The summed E-state index contributed by atoms with van der Waals surface area (Å²) in [5.41, 5.74) is 0.740. The lowest BCUT2D eigenvalue weighted by molar-refractivity contribution is -0.385. The van der Waals surface area contributed by atoms with E-state index >= 15 is 0 Å². The van der Waals surface area contributed by atoms with E-state index in [1.54, 1.807) is 11.4 Å². The zero-order valence-electron chi connectivity index (χ0n) is 11.8. The lowest BCUT2D eigenvalue weighted by atomic mass is 10.1. The van der Waals surface area contributed by atoms with Crippen molar-refractivity contribution in [2.75, 3.05) is 6.54 Å². The summed E-state index contributed by atoms with van der Waals surface area (Å²) in [5, 5.41) is 27.2. The molecule has 9 heteroatoms. The third-order valence-electron chi connectivity index (χ3n) is 3.05. The Balaban J connectivity index is 2.04. The molecule has 124 valence electrons. The van der Waals surface area contributed by atoms with Crippen molar-refractivity contribution in [3.8, 4) is 5.75 Å². The van der Waals surface area contributed by atoms with Crippen LogP contribution in [0.25, 0.3) is 0 Å². The number of hydrogen-bond donors (Lipinski definition) is 2. The number of thiophene rings is 1. The number of non-ortho nitro benzene ring substituents is 1. The highest BCUT2D eigenvalue weighted by atomic mass is 32.1. The number of nitrogens with zero attached hydrogens (tertiary/aromatic N) is 1. The summed E-state index contributed by atoms with van der Waals surface area (Å²) in [6.07, 6.45) is -0.751. The number of nitro groups is 1. The van der Waals surface area contributed by atoms with Gasteiger partial charge in [0.05, 0.1) is 11.0 Å². The molecule has 1 aromatic carbocycles. The third kappa shape index (κ3) is 4.95. The number of aliphatic hydroxyl groups is 1. The zero-order valence-corrected chi connectivity index (χ0v) is 12.6. The fraction of sp³-hybridized carbons (Fsp3) is 0.286. The van der Waals surface area contributed by atoms with Crippen LogP contribution in [0.5, 0.6) is 5.75 Å². The van der Waals surface area contributed by atoms with Gasteiger partial charge in [-0.2, -0.15) is 20.1 Å². The van der Waals surface area contributed by atoms with E-state index in [0.717, 1.165) is 17.7 Å². The van der Waals surface area contributed by atoms with E-state index in [2.05, 4.69) is 10.1 Å². The van der Waals surface area contributed by atoms with Gasteiger partial charge in [-0.25, -0.2) is 0 Å². The first-order chi connectivity index (χ1) is 11.0. The average Bonchev–Trinajstić information content (AvgIpc) is 3.02. The van der Waals surface area contributed by atoms with E-state index < -0.39 is 17.6 Å². The van der Waals surface area contributed by atoms with Crippen molar-refractivity contribution >= 4 is 17.0 Å². The maximum atomic E-state index is 12.4. The first-order valence-electron chi connectivity index (χ1n) is 6.60. The molecule has 0 bridgehead atoms. The Hall–Kier alpha value is -2.10. The van der Waals surface area contributed by atoms with Gasteiger partial charge >= 0.3 is 6.61 Å². The molecule has 0 fully saturated rings. The van der Waals surface area contributed by atoms with Crippen molar-refractivity contribution in [1.29, 1.82) is 0 Å². The highest BCUT2D eigenvalue weighted by Gasteiger charge is 2.15. The van der Waals surface area contributed by atoms with Crippen LogP contribution in [0.2, 0.25) is 0 Å². The number of aliphatic hydroxyl groups excluding tert-OH is 1. The second-order valence-corrected chi connectivity index (χ2v) is 5.41. The highest BCUT2D eigenvalue weighted by molar-refractivity contribution is 7.07. The Morgan fingerprint density at radius 3 is 2.78 bits per heavy atom. The van der Waals surface area contributed by atoms with E-state index in [1.165, 1.54) is 17.4 Å². The molecule has 23 heavy (non-hydrogen) atoms. The van der Waals surface area contributed by atoms with Crippen molar-refractivity contribution in [1.82, 2.24) is 5.32 Å². The summed E-state index contributed by atoms with van der Waals surface area (Å²) >= 11 is 1.45. The Bertz CT molecular complexity index is 652. The Labute approximate surface area is 134 Å². The van der Waals surface area contributed by atoms with Crippen LogP contribution in [-0.2, 0) is 6.54 Å². The van der Waals surface area contributed by atoms with Crippen LogP contribution in [-0.4, -0.2) is 23.2 Å². The molecule has 1 heterocycles. The van der Waals surface area contributed by atoms with Gasteiger partial charge < -0.3 is 15.2 Å². The van der Waals surface area contributed by atoms with Crippen LogP contribution < -0.4 is 10.1 Å². The molecule has 2 rings (SSSR count). The smallest absolute Gasteiger partial charge is 0.387 e. The van der Waals surface area contributed by atoms with Crippen molar-refractivity contribution in [3.63, 3.8) is 0 Å². The number of nitro benzene ring substituents is 1. The molecule has 0 saturated carbocycles. The first-order valence-corrected chi connectivity index (χ1v) is 7.54. The van der Waals surface area contributed by atoms with Gasteiger partial charge in [-0.15, -0.1) is 0 Å². The second-order valence-electron chi connectivity index (χ2n) is 4.63. The molecule has 0 saturated heterocycles. The standard InChI is InChI=1S/C14H14F2N2O4S/c15-14(16)22-13-2-1-11(18(20)21)5-10(13)6-17-7-12(19)9-3-4-23-8-9/h1-5,8,12,14,17,19H,6-7H2. The van der Waals surface area contributed by atoms with Crippen molar-refractivity contribution < 1.29 is 23.5 Å². The molecule has 0 aliphatic heterocycles. The van der Waals surface area contributed by atoms with Crippen LogP contribution >= 0.6 is 11.3 Å². The highest BCUT2D eigenvalue weighted by Crippen LogP contribution is 2.26. The summed E-state index contributed by atoms with van der Waals surface area (Å²) in [6.45, 7) is -2.80. The Morgan fingerprint density at radius 1 is 1.39 bits per heavy atom. The number of rotatable bonds is 8. The monoisotopic (exact) mass is 344 g/mol. The fourth-order valence-electron chi connectivity index (χ4n) is 1.95. The van der Waals surface area contributed by atoms with Gasteiger partial charge in [0.2, 0.25) is 0 Å². The molecular weight excluding hydrogens is 330 g/mol. The lowest BCUT2D eigenvalue weighted by Crippen LogP contribution is -2.21. The van der Waals surface area contributed by atoms with E-state index in [0.29, 0.717) is 0 Å². The first kappa shape index (κ1) is 17.3. The summed E-state index contributed by atoms with van der Waals surface area (Å²) in [5.74, 6) is -0.136. The van der Waals surface area contributed by atoms with Gasteiger partial charge in [0.1, 0.15) is 5.75 Å². The molecule has 2 N–H and O–H groups in total. The van der Waals surface area contributed by atoms with E-state index in [-0.39, 0.29) is 30.1 Å². The molecule has 1 aromatic heterocycles. The normalized spacial score (nSPS) is 12.3. The summed E-state index contributed by atoms with van der Waals surface area (Å²) in [7, 11) is 0. The SMILES string of the molecule is O=[N+]([O-])c1ccc(OC(F)F)c(CNCC(O)c2ccsc2)c1. The zero-order chi connectivity index (χ0) is 16.8. The minimum atomic E-state index is -3.02. The molecule has 6 nitrogen and oxygen atoms in total. The number of ether oxygens (including phenoxy) is 1. The van der Waals surface area contributed by atoms with E-state index in [4.69, 9.17) is 0 Å². The van der Waals surface area contributed by atoms with Gasteiger partial charge in [0.25, 0.3) is 5.69 Å². The molecule has 2 aromatic rings. The summed E-state index contributed by atoms with van der Waals surface area (Å²) < 4.78 is 29.1. The molecule has 1 atom stereocenters. The van der Waals surface area contributed by atoms with Crippen LogP contribution in [0.3, 0.4) is 0 Å². The van der Waals surface area contributed by atoms with Gasteiger partial charge in [-0.05, 0) is 28.5 Å². The molecule has 0 radical (unpaired) electrons. The summed E-state index contributed by atoms with van der Waals surface area (Å²) in [6, 6.07) is 5.18. The molecule has 0 aliphatic rings. The Kier molecular flexibility index (Phi) is 5.97. The van der Waals surface area contributed by atoms with Crippen LogP contribution in [0.4, 0.5) is 14.5 Å². The van der Waals surface area contributed by atoms with Gasteiger partial charge in [0, 0.05) is 30.8 Å². The molecule has 0 amide bonds. The predicted molar refractivity (Wildman–Crippen MR) is 80.7 cm³/mol. The number of benzene rings is 1. The van der Waals surface area contributed by atoms with Crippen LogP contribution in [0.1, 0.15) is 17.2 Å². The second kappa shape index (κ2) is 7.95. The molecule has 1 unspecified atom stereocenters. The van der Waals surface area contributed by atoms with E-state index in [1.807, 2.05) is 5.38 Å². The van der Waals surface area contributed by atoms with Crippen molar-refractivity contribution in [3.05, 3.63) is 56.3 Å². The summed E-state index contributed by atoms with van der Waals surface area (Å²) in [4.78, 5) is 10.2. The predicted octanol–water partition coefficient (Wildman–Crippen LogP) is 3.08. The minimum Gasteiger partial charge on any atom is -0.434 e. The fourth-order valence-corrected chi connectivity index (χ4v) is 2.66. The topological polar surface area (TPSA) is 84.6 Å². The quantitative estimate of drug-likeness (QED) is 0.568. The largest absolute Gasteiger partial charge is 0.434 e. The van der Waals surface area contributed by atoms with E-state index in [9.17, 15) is 24.0 Å². The van der Waals surface area contributed by atoms with Gasteiger partial charge in [-0.3, -0.25) is 10.1 Å². The Morgan fingerprint density at radius 2 is 2.17 bits per heavy atom. The third-order valence-corrected chi connectivity index (χ3v) is 3.75. The van der Waals surface area contributed by atoms with Crippen LogP contribution in [0, 0.1) is 10.1 Å². The molecule has 0 aliphatic carbocycles. The molecular formula is C14H14F2N2O4S. The van der Waals surface area contributed by atoms with Gasteiger partial charge in [0.15, 0.2) is 0 Å². The van der Waals surface area contributed by atoms with Crippen molar-refractivity contribution in [2.24, 2.45) is 0 Å². The number of nitrogens with one attached hydrogen (secondary N) is 1. The minimum absolute atomic E-state index is 0.0466. The number of hydrogen-bond acceptors (Lipinski definition) is 6. The molecule has 0 spiro atoms. The van der Waals surface area contributed by atoms with Gasteiger partial charge in [-0.1, -0.05) is 0 Å². The van der Waals surface area contributed by atoms with Crippen LogP contribution in [0.15, 0.2) is 35.0 Å². The lowest BCUT2D eigenvalue weighted by Gasteiger charge is -2.13. The van der Waals surface area contributed by atoms with Crippen molar-refractivity contribution in [2.45, 2.75) is 19.3 Å². The maximum Gasteiger partial charge on any atom is 0.387 e.